The molecule has 4 amide bonds. The second-order valence-corrected chi connectivity index (χ2v) is 2.93. The number of nitrogens with two attached hydrogens (primary N) is 1. The highest BCUT2D eigenvalue weighted by molar-refractivity contribution is 6.16. The van der Waals surface area contributed by atoms with Crippen molar-refractivity contribution >= 4 is 24.1 Å². The quantitative estimate of drug-likeness (QED) is 0.166. The van der Waals surface area contributed by atoms with Crippen LogP contribution in [-0.4, -0.2) is 47.6 Å². The van der Waals surface area contributed by atoms with Gasteiger partial charge < -0.3 is 0 Å². The molecule has 1 rings (SSSR count). The van der Waals surface area contributed by atoms with E-state index in [2.05, 4.69) is 0 Å². The van der Waals surface area contributed by atoms with Crippen molar-refractivity contribution in [1.29, 1.82) is 0 Å². The van der Waals surface area contributed by atoms with E-state index in [0.717, 1.165) is 4.90 Å². The molecule has 3 N–H and O–H groups in total. The number of hydrogen-bond donors (Lipinski definition) is 2. The van der Waals surface area contributed by atoms with E-state index in [9.17, 15) is 14.4 Å². The van der Waals surface area contributed by atoms with Crippen LogP contribution in [0.15, 0.2) is 0 Å². The average Bonchev–Trinajstić information content (AvgIpc) is 2.19. The second-order valence-electron chi connectivity index (χ2n) is 2.93. The summed E-state index contributed by atoms with van der Waals surface area (Å²) in [5, 5.41) is 0. The van der Waals surface area contributed by atoms with Crippen molar-refractivity contribution in [1.82, 2.24) is 10.3 Å². The Balaban J connectivity index is 3.05. The highest BCUT2D eigenvalue weighted by Gasteiger charge is 2.42. The molecule has 0 bridgehead atoms. The molecule has 0 radical (unpaired) electrons. The van der Waals surface area contributed by atoms with Crippen LogP contribution in [-0.2, 0) is 9.59 Å². The molecule has 1 atom stereocenters. The Bertz CT molecular complexity index is 336. The molecule has 7 heteroatoms. The lowest BCUT2D eigenvalue weighted by molar-refractivity contribution is -0.400. The zero-order chi connectivity index (χ0) is 10.9. The Labute approximate surface area is 80.1 Å². The molecule has 0 aromatic rings. The molecular formula is C7H11N4O3+. The number of hydrazine groups is 1. The summed E-state index contributed by atoms with van der Waals surface area (Å²) in [5.74, 6) is 2.64. The molecular weight excluding hydrogens is 188 g/mol. The van der Waals surface area contributed by atoms with Crippen LogP contribution in [0, 0.1) is 5.92 Å². The fraction of sp³-hybridized carbons (Fsp3) is 0.429. The van der Waals surface area contributed by atoms with Gasteiger partial charge >= 0.3 is 11.9 Å². The van der Waals surface area contributed by atoms with E-state index in [1.807, 2.05) is 5.43 Å². The predicted molar refractivity (Wildman–Crippen MR) is 46.2 cm³/mol. The normalized spacial score (nSPS) is 22.1. The first-order valence-electron chi connectivity index (χ1n) is 3.89. The van der Waals surface area contributed by atoms with E-state index in [-0.39, 0.29) is 0 Å². The molecule has 0 saturated heterocycles. The number of nitrogens with one attached hydrogen (secondary N) is 1. The standard InChI is InChI=1S/C7H10N4O3/c1-10-3-4(5(12)9-8)6(13)11(2)7(10)14/h3-4H,8H2,1-2H3/p+1. The monoisotopic (exact) mass is 199 g/mol. The summed E-state index contributed by atoms with van der Waals surface area (Å²) in [5.41, 5.74) is 1.87. The minimum atomic E-state index is -1.03. The maximum Gasteiger partial charge on any atom is 0.499 e. The fourth-order valence-electron chi connectivity index (χ4n) is 1.16. The molecule has 1 heterocycles. The topological polar surface area (TPSA) is 95.5 Å². The molecule has 7 nitrogen and oxygen atoms in total. The van der Waals surface area contributed by atoms with E-state index in [1.165, 1.54) is 24.9 Å². The van der Waals surface area contributed by atoms with Crippen LogP contribution in [0.3, 0.4) is 0 Å². The molecule has 1 unspecified atom stereocenters. The highest BCUT2D eigenvalue weighted by Crippen LogP contribution is 2.06. The first kappa shape index (κ1) is 10.3. The first-order valence-corrected chi connectivity index (χ1v) is 3.89. The second kappa shape index (κ2) is 3.54. The minimum absolute atomic E-state index is 0.476. The Hall–Kier alpha value is -1.76. The SMILES string of the molecule is CN1C(=O)C(C(=O)NN)C=[N+](C)C1=O. The van der Waals surface area contributed by atoms with Gasteiger partial charge in [-0.05, 0) is 0 Å². The molecule has 1 aliphatic heterocycles. The Morgan fingerprint density at radius 3 is 2.71 bits per heavy atom. The van der Waals surface area contributed by atoms with Gasteiger partial charge in [-0.25, -0.2) is 15.2 Å². The number of carbonyl (C=O) groups excluding carboxylic acids is 3. The summed E-state index contributed by atoms with van der Waals surface area (Å²) in [6.45, 7) is 0. The first-order chi connectivity index (χ1) is 6.49. The third-order valence-electron chi connectivity index (χ3n) is 1.98. The number of amides is 4. The molecule has 0 aromatic carbocycles. The smallest absolute Gasteiger partial charge is 0.293 e. The Kier molecular flexibility index (Phi) is 2.61. The summed E-state index contributed by atoms with van der Waals surface area (Å²) in [6, 6.07) is -0.476. The molecule has 76 valence electrons. The number of nitrogens with zero attached hydrogens (tertiary/aromatic N) is 2. The largest absolute Gasteiger partial charge is 0.499 e. The van der Waals surface area contributed by atoms with Crippen LogP contribution in [0.4, 0.5) is 4.79 Å². The van der Waals surface area contributed by atoms with Crippen molar-refractivity contribution in [3.63, 3.8) is 0 Å². The number of rotatable bonds is 1. The number of imide groups is 1. The number of urea groups is 1. The highest BCUT2D eigenvalue weighted by atomic mass is 16.2. The van der Waals surface area contributed by atoms with E-state index in [1.54, 1.807) is 0 Å². The van der Waals surface area contributed by atoms with Gasteiger partial charge in [-0.2, -0.15) is 9.69 Å². The minimum Gasteiger partial charge on any atom is -0.293 e. The van der Waals surface area contributed by atoms with Gasteiger partial charge in [-0.3, -0.25) is 10.2 Å². The zero-order valence-corrected chi connectivity index (χ0v) is 7.85. The summed E-state index contributed by atoms with van der Waals surface area (Å²) in [4.78, 5) is 34.6. The van der Waals surface area contributed by atoms with Crippen molar-refractivity contribution < 1.29 is 19.0 Å². The summed E-state index contributed by atoms with van der Waals surface area (Å²) < 4.78 is 1.17. The van der Waals surface area contributed by atoms with Gasteiger partial charge in [0.1, 0.15) is 0 Å². The van der Waals surface area contributed by atoms with Crippen molar-refractivity contribution in [2.24, 2.45) is 11.8 Å². The van der Waals surface area contributed by atoms with E-state index in [4.69, 9.17) is 5.84 Å². The maximum atomic E-state index is 11.4. The summed E-state index contributed by atoms with van der Waals surface area (Å²) >= 11 is 0. The van der Waals surface area contributed by atoms with Crippen molar-refractivity contribution in [2.45, 2.75) is 0 Å². The molecule has 0 fully saturated rings. The molecule has 0 aliphatic carbocycles. The molecule has 0 spiro atoms. The van der Waals surface area contributed by atoms with Gasteiger partial charge in [0.2, 0.25) is 0 Å². The van der Waals surface area contributed by atoms with Crippen molar-refractivity contribution in [2.75, 3.05) is 14.1 Å². The van der Waals surface area contributed by atoms with Crippen LogP contribution in [0.5, 0.6) is 0 Å². The lowest BCUT2D eigenvalue weighted by Gasteiger charge is -2.17. The number of hydrogen-bond acceptors (Lipinski definition) is 4. The van der Waals surface area contributed by atoms with E-state index < -0.39 is 23.8 Å². The summed E-state index contributed by atoms with van der Waals surface area (Å²) in [7, 11) is 2.77. The van der Waals surface area contributed by atoms with Crippen LogP contribution >= 0.6 is 0 Å². The Morgan fingerprint density at radius 1 is 1.64 bits per heavy atom. The lowest BCUT2D eigenvalue weighted by atomic mass is 10.1. The van der Waals surface area contributed by atoms with Gasteiger partial charge in [0.05, 0.1) is 20.3 Å². The van der Waals surface area contributed by atoms with Gasteiger partial charge in [0.25, 0.3) is 5.91 Å². The van der Waals surface area contributed by atoms with Crippen LogP contribution in [0.2, 0.25) is 0 Å². The Morgan fingerprint density at radius 2 is 2.21 bits per heavy atom. The average molecular weight is 199 g/mol. The molecule has 1 aliphatic rings. The van der Waals surface area contributed by atoms with Gasteiger partial charge in [0, 0.05) is 0 Å². The third-order valence-corrected chi connectivity index (χ3v) is 1.98. The van der Waals surface area contributed by atoms with Crippen LogP contribution < -0.4 is 11.3 Å². The third kappa shape index (κ3) is 1.49. The predicted octanol–water partition coefficient (Wildman–Crippen LogP) is -2.10. The van der Waals surface area contributed by atoms with Crippen LogP contribution in [0.1, 0.15) is 0 Å². The van der Waals surface area contributed by atoms with Crippen molar-refractivity contribution in [3.05, 3.63) is 0 Å². The zero-order valence-electron chi connectivity index (χ0n) is 7.85. The number of carbonyl (C=O) groups is 3. The lowest BCUT2D eigenvalue weighted by Crippen LogP contribution is -2.53. The molecule has 14 heavy (non-hydrogen) atoms. The fourth-order valence-corrected chi connectivity index (χ4v) is 1.16. The molecule has 0 aromatic heterocycles. The van der Waals surface area contributed by atoms with Crippen LogP contribution in [0.25, 0.3) is 0 Å². The van der Waals surface area contributed by atoms with Gasteiger partial charge in [-0.1, -0.05) is 0 Å². The van der Waals surface area contributed by atoms with E-state index >= 15 is 0 Å². The van der Waals surface area contributed by atoms with Gasteiger partial charge in [0.15, 0.2) is 5.92 Å². The van der Waals surface area contributed by atoms with E-state index in [0.29, 0.717) is 0 Å². The van der Waals surface area contributed by atoms with Crippen molar-refractivity contribution in [3.8, 4) is 0 Å². The van der Waals surface area contributed by atoms with Gasteiger partial charge in [-0.15, -0.1) is 0 Å². The maximum absolute atomic E-state index is 11.4. The molecule has 0 saturated carbocycles. The summed E-state index contributed by atoms with van der Waals surface area (Å²) in [6.07, 6.45) is 1.23.